The molecule has 0 aliphatic carbocycles. The van der Waals surface area contributed by atoms with E-state index in [2.05, 4.69) is 4.98 Å². The first-order chi connectivity index (χ1) is 14.0. The molecule has 0 aliphatic rings. The summed E-state index contributed by atoms with van der Waals surface area (Å²) in [5.41, 5.74) is 1.72. The zero-order valence-electron chi connectivity index (χ0n) is 15.8. The molecule has 0 radical (unpaired) electrons. The van der Waals surface area contributed by atoms with Crippen molar-refractivity contribution in [1.29, 1.82) is 0 Å². The second-order valence-corrected chi connectivity index (χ2v) is 7.32. The van der Waals surface area contributed by atoms with Crippen molar-refractivity contribution < 1.29 is 19.1 Å². The molecule has 0 bridgehead atoms. The highest BCUT2D eigenvalue weighted by atomic mass is 32.1. The van der Waals surface area contributed by atoms with Crippen LogP contribution in [0.5, 0.6) is 11.7 Å². The Morgan fingerprint density at radius 3 is 2.72 bits per heavy atom. The summed E-state index contributed by atoms with van der Waals surface area (Å²) in [7, 11) is 0. The number of hydrogen-bond donors (Lipinski definition) is 1. The van der Waals surface area contributed by atoms with Gasteiger partial charge in [0.15, 0.2) is 0 Å². The molecule has 6 nitrogen and oxygen atoms in total. The molecule has 0 fully saturated rings. The van der Waals surface area contributed by atoms with E-state index in [1.54, 1.807) is 19.2 Å². The minimum absolute atomic E-state index is 0.0429. The van der Waals surface area contributed by atoms with Crippen LogP contribution in [0.15, 0.2) is 57.1 Å². The first-order valence-electron chi connectivity index (χ1n) is 9.00. The Morgan fingerprint density at radius 2 is 2.00 bits per heavy atom. The third-order valence-corrected chi connectivity index (χ3v) is 5.31. The highest BCUT2D eigenvalue weighted by Crippen LogP contribution is 2.35. The summed E-state index contributed by atoms with van der Waals surface area (Å²) in [6.45, 7) is 3.35. The first kappa shape index (κ1) is 18.9. The molecule has 2 aromatic heterocycles. The summed E-state index contributed by atoms with van der Waals surface area (Å²) in [5.74, 6) is -0.799. The van der Waals surface area contributed by atoms with Crippen molar-refractivity contribution in [2.75, 3.05) is 0 Å². The van der Waals surface area contributed by atoms with Gasteiger partial charge in [-0.3, -0.25) is 9.59 Å². The zero-order chi connectivity index (χ0) is 20.5. The number of phenols is 1. The molecule has 2 heterocycles. The quantitative estimate of drug-likeness (QED) is 0.483. The molecule has 0 atom stereocenters. The number of aryl methyl sites for hydroxylation is 1. The second kappa shape index (κ2) is 7.52. The van der Waals surface area contributed by atoms with Crippen LogP contribution in [-0.4, -0.2) is 16.1 Å². The number of aromatic nitrogens is 1. The van der Waals surface area contributed by atoms with Crippen molar-refractivity contribution in [3.8, 4) is 33.5 Å². The number of hydrogen-bond acceptors (Lipinski definition) is 7. The molecule has 0 saturated heterocycles. The molecule has 0 aliphatic heterocycles. The van der Waals surface area contributed by atoms with E-state index in [0.29, 0.717) is 16.6 Å². The van der Waals surface area contributed by atoms with Gasteiger partial charge in [0.1, 0.15) is 21.9 Å². The Labute approximate surface area is 170 Å². The lowest BCUT2D eigenvalue weighted by Crippen LogP contribution is -2.13. The fourth-order valence-corrected chi connectivity index (χ4v) is 3.86. The topological polar surface area (TPSA) is 89.6 Å². The van der Waals surface area contributed by atoms with E-state index in [1.165, 1.54) is 23.5 Å². The molecule has 7 heteroatoms. The van der Waals surface area contributed by atoms with E-state index in [-0.39, 0.29) is 34.7 Å². The summed E-state index contributed by atoms with van der Waals surface area (Å²) in [5, 5.41) is 12.6. The number of ether oxygens (including phenoxy) is 1. The standard InChI is InChI=1S/C22H17NO5S/c1-3-17(25)28-22-19(15-11-29-21(23-15)13-7-5-4-6-8-13)20(26)18-12(2)9-14(24)10-16(18)27-22/h4-11,24H,3H2,1-2H3. The van der Waals surface area contributed by atoms with Gasteiger partial charge < -0.3 is 14.3 Å². The molecule has 0 amide bonds. The third-order valence-electron chi connectivity index (χ3n) is 4.42. The van der Waals surface area contributed by atoms with Crippen LogP contribution in [0.4, 0.5) is 0 Å². The van der Waals surface area contributed by atoms with Gasteiger partial charge in [-0.1, -0.05) is 37.3 Å². The SMILES string of the molecule is CCC(=O)Oc1oc2cc(O)cc(C)c2c(=O)c1-c1csc(-c2ccccc2)n1. The molecule has 0 unspecified atom stereocenters. The lowest BCUT2D eigenvalue weighted by Gasteiger charge is -2.10. The predicted molar refractivity (Wildman–Crippen MR) is 111 cm³/mol. The van der Waals surface area contributed by atoms with Crippen molar-refractivity contribution in [3.05, 3.63) is 63.6 Å². The summed E-state index contributed by atoms with van der Waals surface area (Å²) in [4.78, 5) is 29.8. The van der Waals surface area contributed by atoms with Crippen LogP contribution in [0.1, 0.15) is 18.9 Å². The van der Waals surface area contributed by atoms with Crippen LogP contribution in [0.3, 0.4) is 0 Å². The summed E-state index contributed by atoms with van der Waals surface area (Å²) >= 11 is 1.38. The molecular weight excluding hydrogens is 390 g/mol. The Hall–Kier alpha value is -3.45. The van der Waals surface area contributed by atoms with Crippen LogP contribution in [0.2, 0.25) is 0 Å². The van der Waals surface area contributed by atoms with Crippen LogP contribution in [0, 0.1) is 6.92 Å². The number of benzene rings is 2. The highest BCUT2D eigenvalue weighted by Gasteiger charge is 2.23. The first-order valence-corrected chi connectivity index (χ1v) is 9.88. The number of carbonyl (C=O) groups excluding carboxylic acids is 1. The van der Waals surface area contributed by atoms with Crippen LogP contribution in [0.25, 0.3) is 32.8 Å². The predicted octanol–water partition coefficient (Wildman–Crippen LogP) is 4.91. The van der Waals surface area contributed by atoms with Gasteiger partial charge >= 0.3 is 11.9 Å². The Kier molecular flexibility index (Phi) is 4.90. The van der Waals surface area contributed by atoms with Crippen molar-refractivity contribution in [1.82, 2.24) is 4.98 Å². The highest BCUT2D eigenvalue weighted by molar-refractivity contribution is 7.13. The number of thiazole rings is 1. The molecule has 0 spiro atoms. The van der Waals surface area contributed by atoms with Gasteiger partial charge in [-0.25, -0.2) is 4.98 Å². The van der Waals surface area contributed by atoms with Gasteiger partial charge in [-0.2, -0.15) is 0 Å². The van der Waals surface area contributed by atoms with Gasteiger partial charge in [0.25, 0.3) is 0 Å². The lowest BCUT2D eigenvalue weighted by atomic mass is 10.1. The zero-order valence-corrected chi connectivity index (χ0v) is 16.6. The minimum Gasteiger partial charge on any atom is -0.508 e. The number of esters is 1. The monoisotopic (exact) mass is 407 g/mol. The lowest BCUT2D eigenvalue weighted by molar-refractivity contribution is -0.135. The smallest absolute Gasteiger partial charge is 0.313 e. The molecule has 146 valence electrons. The molecule has 4 rings (SSSR count). The summed E-state index contributed by atoms with van der Waals surface area (Å²) in [6.07, 6.45) is 0.118. The van der Waals surface area contributed by atoms with Crippen LogP contribution >= 0.6 is 11.3 Å². The minimum atomic E-state index is -0.538. The molecule has 29 heavy (non-hydrogen) atoms. The van der Waals surface area contributed by atoms with E-state index >= 15 is 0 Å². The number of fused-ring (bicyclic) bond motifs is 1. The van der Waals surface area contributed by atoms with Gasteiger partial charge in [-0.05, 0) is 18.6 Å². The fourth-order valence-electron chi connectivity index (χ4n) is 3.05. The molecular formula is C22H17NO5S. The fraction of sp³-hybridized carbons (Fsp3) is 0.136. The number of nitrogens with zero attached hydrogens (tertiary/aromatic N) is 1. The Morgan fingerprint density at radius 1 is 1.24 bits per heavy atom. The molecule has 1 N–H and O–H groups in total. The van der Waals surface area contributed by atoms with Crippen LogP contribution in [-0.2, 0) is 4.79 Å². The molecule has 4 aromatic rings. The van der Waals surface area contributed by atoms with Crippen molar-refractivity contribution >= 4 is 28.3 Å². The van der Waals surface area contributed by atoms with E-state index in [4.69, 9.17) is 9.15 Å². The van der Waals surface area contributed by atoms with E-state index < -0.39 is 5.97 Å². The Bertz CT molecular complexity index is 1270. The largest absolute Gasteiger partial charge is 0.508 e. The maximum absolute atomic E-state index is 13.3. The Balaban J connectivity index is 1.96. The normalized spacial score (nSPS) is 11.0. The van der Waals surface area contributed by atoms with Gasteiger partial charge in [0, 0.05) is 23.4 Å². The number of carbonyl (C=O) groups is 1. The summed E-state index contributed by atoms with van der Waals surface area (Å²) in [6, 6.07) is 12.4. The van der Waals surface area contributed by atoms with Crippen molar-refractivity contribution in [2.24, 2.45) is 0 Å². The maximum atomic E-state index is 13.3. The van der Waals surface area contributed by atoms with Crippen LogP contribution < -0.4 is 10.2 Å². The van der Waals surface area contributed by atoms with Crippen molar-refractivity contribution in [3.63, 3.8) is 0 Å². The average Bonchev–Trinajstić information content (AvgIpc) is 3.17. The summed E-state index contributed by atoms with van der Waals surface area (Å²) < 4.78 is 11.0. The average molecular weight is 407 g/mol. The van der Waals surface area contributed by atoms with Gasteiger partial charge in [-0.15, -0.1) is 11.3 Å². The molecule has 0 saturated carbocycles. The van der Waals surface area contributed by atoms with E-state index in [9.17, 15) is 14.7 Å². The number of aromatic hydroxyl groups is 1. The van der Waals surface area contributed by atoms with Crippen molar-refractivity contribution in [2.45, 2.75) is 20.3 Å². The third kappa shape index (κ3) is 3.52. The number of phenolic OH excluding ortho intramolecular Hbond substituents is 1. The van der Waals surface area contributed by atoms with E-state index in [1.807, 2.05) is 30.3 Å². The van der Waals surface area contributed by atoms with Gasteiger partial charge in [0.05, 0.1) is 11.1 Å². The van der Waals surface area contributed by atoms with E-state index in [0.717, 1.165) is 10.6 Å². The van der Waals surface area contributed by atoms with Gasteiger partial charge in [0.2, 0.25) is 5.43 Å². The molecule has 2 aromatic carbocycles. The number of rotatable bonds is 4. The second-order valence-electron chi connectivity index (χ2n) is 6.46. The maximum Gasteiger partial charge on any atom is 0.313 e.